The molecule has 4 rings (SSSR count). The van der Waals surface area contributed by atoms with E-state index in [-0.39, 0.29) is 17.9 Å². The van der Waals surface area contributed by atoms with Gasteiger partial charge in [-0.25, -0.2) is 0 Å². The first-order valence-corrected chi connectivity index (χ1v) is 8.77. The molecule has 0 fully saturated rings. The number of likely N-dealkylation sites (N-methyl/N-ethyl adjacent to an activating group) is 1. The molecule has 1 aliphatic rings. The second-order valence-electron chi connectivity index (χ2n) is 6.73. The van der Waals surface area contributed by atoms with Crippen LogP contribution >= 0.6 is 0 Å². The Hall–Kier alpha value is -3.41. The Labute approximate surface area is 157 Å². The molecular weight excluding hydrogens is 340 g/mol. The maximum Gasteiger partial charge on any atom is 0.254 e. The third-order valence-electron chi connectivity index (χ3n) is 4.98. The standard InChI is InChI=1S/C21H20N4O2/c1-24-13-15(12-22-24)23-20(26)18-16-10-6-7-11-17(16)21(27)25(2)19(18)14-8-4-3-5-9-14/h3-13,18-19H,1-2H3,(H,23,26). The van der Waals surface area contributed by atoms with Crippen LogP contribution in [0.4, 0.5) is 5.69 Å². The average molecular weight is 360 g/mol. The number of anilines is 1. The van der Waals surface area contributed by atoms with E-state index in [1.165, 1.54) is 0 Å². The Balaban J connectivity index is 1.81. The van der Waals surface area contributed by atoms with Crippen LogP contribution in [0.1, 0.15) is 33.4 Å². The van der Waals surface area contributed by atoms with E-state index in [0.29, 0.717) is 11.3 Å². The minimum absolute atomic E-state index is 0.0788. The molecule has 0 saturated heterocycles. The zero-order chi connectivity index (χ0) is 19.0. The van der Waals surface area contributed by atoms with E-state index in [1.807, 2.05) is 48.5 Å². The van der Waals surface area contributed by atoms with Gasteiger partial charge >= 0.3 is 0 Å². The summed E-state index contributed by atoms with van der Waals surface area (Å²) in [5, 5.41) is 7.05. The highest BCUT2D eigenvalue weighted by Gasteiger charge is 2.42. The molecule has 6 heteroatoms. The Kier molecular flexibility index (Phi) is 4.24. The van der Waals surface area contributed by atoms with Gasteiger partial charge in [0.1, 0.15) is 0 Å². The van der Waals surface area contributed by atoms with Crippen LogP contribution in [-0.4, -0.2) is 33.5 Å². The molecule has 0 aliphatic carbocycles. The smallest absolute Gasteiger partial charge is 0.254 e. The van der Waals surface area contributed by atoms with E-state index in [4.69, 9.17) is 0 Å². The van der Waals surface area contributed by atoms with Gasteiger partial charge in [-0.2, -0.15) is 5.10 Å². The molecule has 2 amide bonds. The number of amides is 2. The van der Waals surface area contributed by atoms with E-state index in [0.717, 1.165) is 11.1 Å². The van der Waals surface area contributed by atoms with Gasteiger partial charge in [0.25, 0.3) is 5.91 Å². The molecule has 0 radical (unpaired) electrons. The van der Waals surface area contributed by atoms with Gasteiger partial charge in [-0.1, -0.05) is 48.5 Å². The predicted molar refractivity (Wildman–Crippen MR) is 102 cm³/mol. The lowest BCUT2D eigenvalue weighted by Gasteiger charge is -2.39. The SMILES string of the molecule is CN1C(=O)c2ccccc2C(C(=O)Nc2cnn(C)c2)C1c1ccccc1. The molecule has 0 bridgehead atoms. The fraction of sp³-hybridized carbons (Fsp3) is 0.190. The third kappa shape index (κ3) is 2.99. The molecular formula is C21H20N4O2. The van der Waals surface area contributed by atoms with Gasteiger partial charge in [-0.05, 0) is 17.2 Å². The first-order chi connectivity index (χ1) is 13.1. The molecule has 1 N–H and O–H groups in total. The summed E-state index contributed by atoms with van der Waals surface area (Å²) >= 11 is 0. The first-order valence-electron chi connectivity index (χ1n) is 8.77. The molecule has 3 aromatic rings. The van der Waals surface area contributed by atoms with Gasteiger partial charge in [0.15, 0.2) is 0 Å². The molecule has 1 aliphatic heterocycles. The average Bonchev–Trinajstić information content (AvgIpc) is 3.09. The fourth-order valence-corrected chi connectivity index (χ4v) is 3.73. The fourth-order valence-electron chi connectivity index (χ4n) is 3.73. The molecule has 1 aromatic heterocycles. The van der Waals surface area contributed by atoms with Crippen LogP contribution < -0.4 is 5.32 Å². The van der Waals surface area contributed by atoms with Crippen molar-refractivity contribution in [2.45, 2.75) is 12.0 Å². The maximum atomic E-state index is 13.3. The number of carbonyl (C=O) groups is 2. The van der Waals surface area contributed by atoms with Gasteiger partial charge in [-0.3, -0.25) is 14.3 Å². The summed E-state index contributed by atoms with van der Waals surface area (Å²) in [4.78, 5) is 27.9. The molecule has 6 nitrogen and oxygen atoms in total. The third-order valence-corrected chi connectivity index (χ3v) is 4.98. The van der Waals surface area contributed by atoms with E-state index in [1.54, 1.807) is 42.1 Å². The van der Waals surface area contributed by atoms with Crippen molar-refractivity contribution in [3.63, 3.8) is 0 Å². The van der Waals surface area contributed by atoms with Gasteiger partial charge in [0, 0.05) is 25.9 Å². The molecule has 27 heavy (non-hydrogen) atoms. The van der Waals surface area contributed by atoms with Crippen molar-refractivity contribution in [1.29, 1.82) is 0 Å². The number of hydrogen-bond donors (Lipinski definition) is 1. The van der Waals surface area contributed by atoms with Crippen LogP contribution in [0.15, 0.2) is 67.0 Å². The summed E-state index contributed by atoms with van der Waals surface area (Å²) in [6.45, 7) is 0. The summed E-state index contributed by atoms with van der Waals surface area (Å²) in [6, 6.07) is 16.6. The van der Waals surface area contributed by atoms with Gasteiger partial charge in [-0.15, -0.1) is 0 Å². The van der Waals surface area contributed by atoms with Crippen LogP contribution in [0.3, 0.4) is 0 Å². The molecule has 2 atom stereocenters. The molecule has 2 aromatic carbocycles. The number of fused-ring (bicyclic) bond motifs is 1. The molecule has 2 unspecified atom stereocenters. The monoisotopic (exact) mass is 360 g/mol. The maximum absolute atomic E-state index is 13.3. The summed E-state index contributed by atoms with van der Waals surface area (Å²) in [5.74, 6) is -0.764. The largest absolute Gasteiger partial charge is 0.334 e. The van der Waals surface area contributed by atoms with Crippen molar-refractivity contribution >= 4 is 17.5 Å². The zero-order valence-electron chi connectivity index (χ0n) is 15.2. The van der Waals surface area contributed by atoms with E-state index in [2.05, 4.69) is 10.4 Å². The number of carbonyl (C=O) groups excluding carboxylic acids is 2. The molecule has 0 spiro atoms. The van der Waals surface area contributed by atoms with Crippen LogP contribution in [0.25, 0.3) is 0 Å². The second-order valence-corrected chi connectivity index (χ2v) is 6.73. The minimum atomic E-state index is -0.522. The van der Waals surface area contributed by atoms with Crippen molar-refractivity contribution in [3.8, 4) is 0 Å². The van der Waals surface area contributed by atoms with Crippen molar-refractivity contribution < 1.29 is 9.59 Å². The number of rotatable bonds is 3. The van der Waals surface area contributed by atoms with E-state index in [9.17, 15) is 9.59 Å². The Morgan fingerprint density at radius 3 is 2.44 bits per heavy atom. The van der Waals surface area contributed by atoms with E-state index >= 15 is 0 Å². The topological polar surface area (TPSA) is 67.2 Å². The minimum Gasteiger partial charge on any atom is -0.334 e. The molecule has 2 heterocycles. The van der Waals surface area contributed by atoms with Crippen molar-refractivity contribution in [2.24, 2.45) is 7.05 Å². The Morgan fingerprint density at radius 1 is 1.04 bits per heavy atom. The Morgan fingerprint density at radius 2 is 1.74 bits per heavy atom. The summed E-state index contributed by atoms with van der Waals surface area (Å²) in [5.41, 5.74) is 2.87. The quantitative estimate of drug-likeness (QED) is 0.781. The van der Waals surface area contributed by atoms with Gasteiger partial charge in [0.05, 0.1) is 23.8 Å². The predicted octanol–water partition coefficient (Wildman–Crippen LogP) is 2.97. The lowest BCUT2D eigenvalue weighted by molar-refractivity contribution is -0.119. The Bertz CT molecular complexity index is 996. The number of hydrogen-bond acceptors (Lipinski definition) is 3. The number of benzene rings is 2. The highest BCUT2D eigenvalue weighted by atomic mass is 16.2. The summed E-state index contributed by atoms with van der Waals surface area (Å²) in [7, 11) is 3.55. The number of nitrogens with one attached hydrogen (secondary N) is 1. The molecule has 136 valence electrons. The molecule has 0 saturated carbocycles. The first kappa shape index (κ1) is 17.0. The summed E-state index contributed by atoms with van der Waals surface area (Å²) in [6.07, 6.45) is 3.36. The van der Waals surface area contributed by atoms with Crippen LogP contribution in [0.5, 0.6) is 0 Å². The van der Waals surface area contributed by atoms with Gasteiger partial charge < -0.3 is 10.2 Å². The lowest BCUT2D eigenvalue weighted by Crippen LogP contribution is -2.44. The van der Waals surface area contributed by atoms with Crippen molar-refractivity contribution in [3.05, 3.63) is 83.7 Å². The number of aryl methyl sites for hydroxylation is 1. The number of nitrogens with zero attached hydrogens (tertiary/aromatic N) is 3. The normalized spacial score (nSPS) is 18.9. The number of aromatic nitrogens is 2. The second kappa shape index (κ2) is 6.72. The van der Waals surface area contributed by atoms with E-state index < -0.39 is 5.92 Å². The highest BCUT2D eigenvalue weighted by molar-refractivity contribution is 6.04. The highest BCUT2D eigenvalue weighted by Crippen LogP contribution is 2.42. The lowest BCUT2D eigenvalue weighted by atomic mass is 9.79. The van der Waals surface area contributed by atoms with Gasteiger partial charge in [0.2, 0.25) is 5.91 Å². The zero-order valence-corrected chi connectivity index (χ0v) is 15.2. The van der Waals surface area contributed by atoms with Crippen LogP contribution in [0, 0.1) is 0 Å². The van der Waals surface area contributed by atoms with Crippen LogP contribution in [-0.2, 0) is 11.8 Å². The van der Waals surface area contributed by atoms with Crippen molar-refractivity contribution in [2.75, 3.05) is 12.4 Å². The van der Waals surface area contributed by atoms with Crippen molar-refractivity contribution in [1.82, 2.24) is 14.7 Å². The van der Waals surface area contributed by atoms with Crippen LogP contribution in [0.2, 0.25) is 0 Å². The summed E-state index contributed by atoms with van der Waals surface area (Å²) < 4.78 is 1.63.